The zero-order valence-corrected chi connectivity index (χ0v) is 13.1. The molecule has 112 valence electrons. The topological polar surface area (TPSA) is 47.0 Å². The Kier molecular flexibility index (Phi) is 5.96. The van der Waals surface area contributed by atoms with Crippen LogP contribution in [0.1, 0.15) is 38.4 Å². The average molecular weight is 306 g/mol. The van der Waals surface area contributed by atoms with Crippen LogP contribution in [0.3, 0.4) is 0 Å². The number of nitrogens with one attached hydrogen (secondary N) is 1. The minimum Gasteiger partial charge on any atom is -0.454 e. The standard InChI is InChI=1S/C16H20ClN3O/c1-3-7-19-15(4-2)16-6-5-13(11-20-16)21-14-8-12(17)9-18-10-14/h5-6,8-11,15,19H,3-4,7H2,1-2H3. The molecule has 0 bridgehead atoms. The van der Waals surface area contributed by atoms with Crippen LogP contribution in [0.25, 0.3) is 0 Å². The van der Waals surface area contributed by atoms with Gasteiger partial charge >= 0.3 is 0 Å². The molecule has 0 aliphatic carbocycles. The zero-order chi connectivity index (χ0) is 15.1. The Balaban J connectivity index is 2.04. The summed E-state index contributed by atoms with van der Waals surface area (Å²) in [5.74, 6) is 1.28. The summed E-state index contributed by atoms with van der Waals surface area (Å²) >= 11 is 5.88. The quantitative estimate of drug-likeness (QED) is 0.825. The number of rotatable bonds is 7. The van der Waals surface area contributed by atoms with Gasteiger partial charge < -0.3 is 10.1 Å². The predicted octanol–water partition coefficient (Wildman–Crippen LogP) is 4.37. The Morgan fingerprint density at radius 2 is 2.05 bits per heavy atom. The summed E-state index contributed by atoms with van der Waals surface area (Å²) in [6.07, 6.45) is 7.04. The van der Waals surface area contributed by atoms with Crippen molar-refractivity contribution in [1.82, 2.24) is 15.3 Å². The van der Waals surface area contributed by atoms with Gasteiger partial charge in [0, 0.05) is 18.3 Å². The lowest BCUT2D eigenvalue weighted by molar-refractivity contribution is 0.472. The molecule has 0 amide bonds. The second-order valence-corrected chi connectivity index (χ2v) is 5.21. The van der Waals surface area contributed by atoms with Crippen molar-refractivity contribution in [2.45, 2.75) is 32.7 Å². The summed E-state index contributed by atoms with van der Waals surface area (Å²) in [5, 5.41) is 4.03. The molecule has 0 aromatic carbocycles. The first-order valence-electron chi connectivity index (χ1n) is 7.20. The molecular formula is C16H20ClN3O. The molecule has 0 aliphatic rings. The van der Waals surface area contributed by atoms with Crippen molar-refractivity contribution in [1.29, 1.82) is 0 Å². The van der Waals surface area contributed by atoms with Crippen molar-refractivity contribution in [3.63, 3.8) is 0 Å². The Hall–Kier alpha value is -1.65. The molecule has 1 unspecified atom stereocenters. The first-order chi connectivity index (χ1) is 10.2. The third kappa shape index (κ3) is 4.69. The molecule has 5 heteroatoms. The fourth-order valence-corrected chi connectivity index (χ4v) is 2.18. The third-order valence-corrected chi connectivity index (χ3v) is 3.29. The molecule has 2 rings (SSSR count). The van der Waals surface area contributed by atoms with E-state index in [-0.39, 0.29) is 6.04 Å². The molecule has 0 saturated carbocycles. The molecular weight excluding hydrogens is 286 g/mol. The molecule has 2 heterocycles. The van der Waals surface area contributed by atoms with Crippen LogP contribution >= 0.6 is 11.6 Å². The Bertz CT molecular complexity index is 560. The molecule has 0 spiro atoms. The molecule has 4 nitrogen and oxygen atoms in total. The first-order valence-corrected chi connectivity index (χ1v) is 7.58. The van der Waals surface area contributed by atoms with Crippen LogP contribution in [-0.4, -0.2) is 16.5 Å². The van der Waals surface area contributed by atoms with Crippen LogP contribution < -0.4 is 10.1 Å². The second kappa shape index (κ2) is 7.96. The van der Waals surface area contributed by atoms with E-state index >= 15 is 0 Å². The van der Waals surface area contributed by atoms with Crippen LogP contribution in [0, 0.1) is 0 Å². The van der Waals surface area contributed by atoms with Gasteiger partial charge in [-0.2, -0.15) is 0 Å². The molecule has 1 atom stereocenters. The van der Waals surface area contributed by atoms with E-state index in [0.29, 0.717) is 16.5 Å². The zero-order valence-electron chi connectivity index (χ0n) is 12.3. The van der Waals surface area contributed by atoms with Gasteiger partial charge in [-0.15, -0.1) is 0 Å². The van der Waals surface area contributed by atoms with Crippen molar-refractivity contribution in [3.8, 4) is 11.5 Å². The van der Waals surface area contributed by atoms with Gasteiger partial charge in [0.15, 0.2) is 0 Å². The number of pyridine rings is 2. The summed E-state index contributed by atoms with van der Waals surface area (Å²) in [7, 11) is 0. The summed E-state index contributed by atoms with van der Waals surface area (Å²) < 4.78 is 5.68. The van der Waals surface area contributed by atoms with Crippen LogP contribution in [0.15, 0.2) is 36.8 Å². The van der Waals surface area contributed by atoms with Gasteiger partial charge in [-0.1, -0.05) is 25.4 Å². The molecule has 2 aromatic rings. The minimum atomic E-state index is 0.284. The van der Waals surface area contributed by atoms with Crippen molar-refractivity contribution in [2.75, 3.05) is 6.54 Å². The van der Waals surface area contributed by atoms with E-state index in [1.165, 1.54) is 0 Å². The van der Waals surface area contributed by atoms with Gasteiger partial charge in [0.05, 0.1) is 23.1 Å². The average Bonchev–Trinajstić information content (AvgIpc) is 2.49. The van der Waals surface area contributed by atoms with Crippen molar-refractivity contribution >= 4 is 11.6 Å². The van der Waals surface area contributed by atoms with Crippen molar-refractivity contribution < 1.29 is 4.74 Å². The van der Waals surface area contributed by atoms with Gasteiger partial charge in [-0.05, 0) is 31.5 Å². The molecule has 0 aliphatic heterocycles. The van der Waals surface area contributed by atoms with Gasteiger partial charge in [-0.3, -0.25) is 9.97 Å². The van der Waals surface area contributed by atoms with E-state index in [4.69, 9.17) is 16.3 Å². The number of nitrogens with zero attached hydrogens (tertiary/aromatic N) is 2. The summed E-state index contributed by atoms with van der Waals surface area (Å²) in [6, 6.07) is 5.91. The number of hydrogen-bond acceptors (Lipinski definition) is 4. The van der Waals surface area contributed by atoms with Crippen LogP contribution in [0.4, 0.5) is 0 Å². The highest BCUT2D eigenvalue weighted by atomic mass is 35.5. The number of aromatic nitrogens is 2. The fourth-order valence-electron chi connectivity index (χ4n) is 2.02. The highest BCUT2D eigenvalue weighted by molar-refractivity contribution is 6.30. The highest BCUT2D eigenvalue weighted by Crippen LogP contribution is 2.23. The predicted molar refractivity (Wildman–Crippen MR) is 84.9 cm³/mol. The summed E-state index contributed by atoms with van der Waals surface area (Å²) in [4.78, 5) is 8.47. The van der Waals surface area contributed by atoms with E-state index in [2.05, 4.69) is 29.1 Å². The number of halogens is 1. The maximum Gasteiger partial charge on any atom is 0.147 e. The lowest BCUT2D eigenvalue weighted by atomic mass is 10.1. The van der Waals surface area contributed by atoms with E-state index in [0.717, 1.165) is 25.1 Å². The van der Waals surface area contributed by atoms with E-state index in [1.54, 1.807) is 24.7 Å². The summed E-state index contributed by atoms with van der Waals surface area (Å²) in [6.45, 7) is 5.30. The molecule has 0 fully saturated rings. The molecule has 1 N–H and O–H groups in total. The van der Waals surface area contributed by atoms with E-state index in [1.807, 2.05) is 12.1 Å². The minimum absolute atomic E-state index is 0.284. The SMILES string of the molecule is CCCNC(CC)c1ccc(Oc2cncc(Cl)c2)cn1. The second-order valence-electron chi connectivity index (χ2n) is 4.77. The molecule has 0 saturated heterocycles. The maximum absolute atomic E-state index is 5.88. The van der Waals surface area contributed by atoms with E-state index < -0.39 is 0 Å². The van der Waals surface area contributed by atoms with Crippen molar-refractivity contribution in [2.24, 2.45) is 0 Å². The first kappa shape index (κ1) is 15.7. The lowest BCUT2D eigenvalue weighted by Crippen LogP contribution is -2.22. The smallest absolute Gasteiger partial charge is 0.147 e. The van der Waals surface area contributed by atoms with Gasteiger partial charge in [-0.25, -0.2) is 0 Å². The largest absolute Gasteiger partial charge is 0.454 e. The van der Waals surface area contributed by atoms with Crippen LogP contribution in [-0.2, 0) is 0 Å². The van der Waals surface area contributed by atoms with Gasteiger partial charge in [0.2, 0.25) is 0 Å². The van der Waals surface area contributed by atoms with Crippen LogP contribution in [0.5, 0.6) is 11.5 Å². The number of hydrogen-bond donors (Lipinski definition) is 1. The monoisotopic (exact) mass is 305 g/mol. The van der Waals surface area contributed by atoms with Gasteiger partial charge in [0.1, 0.15) is 11.5 Å². The normalized spacial score (nSPS) is 12.1. The van der Waals surface area contributed by atoms with Crippen molar-refractivity contribution in [3.05, 3.63) is 47.5 Å². The fraction of sp³-hybridized carbons (Fsp3) is 0.375. The molecule has 2 aromatic heterocycles. The molecule has 21 heavy (non-hydrogen) atoms. The Morgan fingerprint density at radius 1 is 1.19 bits per heavy atom. The highest BCUT2D eigenvalue weighted by Gasteiger charge is 2.09. The third-order valence-electron chi connectivity index (χ3n) is 3.08. The van der Waals surface area contributed by atoms with Crippen LogP contribution in [0.2, 0.25) is 5.02 Å². The number of ether oxygens (including phenoxy) is 1. The lowest BCUT2D eigenvalue weighted by Gasteiger charge is -2.16. The summed E-state index contributed by atoms with van der Waals surface area (Å²) in [5.41, 5.74) is 1.03. The Morgan fingerprint density at radius 3 is 2.67 bits per heavy atom. The van der Waals surface area contributed by atoms with E-state index in [9.17, 15) is 0 Å². The van der Waals surface area contributed by atoms with Gasteiger partial charge in [0.25, 0.3) is 0 Å². The maximum atomic E-state index is 5.88. The molecule has 0 radical (unpaired) electrons. The Labute approximate surface area is 130 Å².